The average Bonchev–Trinajstić information content (AvgIpc) is 2.95. The minimum Gasteiger partial charge on any atom is -0.467 e. The SMILES string of the molecule is O=C(NCC(O)c1ccco1)C1CCCO1. The molecule has 5 nitrogen and oxygen atoms in total. The van der Waals surface area contributed by atoms with E-state index in [0.717, 1.165) is 12.8 Å². The number of aliphatic hydroxyl groups is 1. The number of furan rings is 1. The molecule has 2 N–H and O–H groups in total. The van der Waals surface area contributed by atoms with Crippen molar-refractivity contribution in [3.8, 4) is 0 Å². The summed E-state index contributed by atoms with van der Waals surface area (Å²) in [7, 11) is 0. The number of nitrogens with one attached hydrogen (secondary N) is 1. The lowest BCUT2D eigenvalue weighted by molar-refractivity contribution is -0.130. The molecule has 2 rings (SSSR count). The molecule has 0 aromatic carbocycles. The number of carbonyl (C=O) groups is 1. The second-order valence-electron chi connectivity index (χ2n) is 3.78. The first kappa shape index (κ1) is 11.2. The van der Waals surface area contributed by atoms with Gasteiger partial charge in [0.05, 0.1) is 12.8 Å². The zero-order valence-electron chi connectivity index (χ0n) is 8.89. The van der Waals surface area contributed by atoms with Crippen LogP contribution in [-0.2, 0) is 9.53 Å². The fourth-order valence-electron chi connectivity index (χ4n) is 1.68. The van der Waals surface area contributed by atoms with Gasteiger partial charge in [-0.1, -0.05) is 0 Å². The Balaban J connectivity index is 1.76. The quantitative estimate of drug-likeness (QED) is 0.787. The maximum absolute atomic E-state index is 11.5. The number of ether oxygens (including phenoxy) is 1. The molecule has 0 saturated carbocycles. The standard InChI is InChI=1S/C11H15NO4/c13-8(9-3-1-5-15-9)7-12-11(14)10-4-2-6-16-10/h1,3,5,8,10,13H,2,4,6-7H2,(H,12,14). The number of carbonyl (C=O) groups excluding carboxylic acids is 1. The van der Waals surface area contributed by atoms with Crippen LogP contribution in [0.4, 0.5) is 0 Å². The summed E-state index contributed by atoms with van der Waals surface area (Å²) in [5.74, 6) is 0.288. The van der Waals surface area contributed by atoms with Crippen molar-refractivity contribution in [3.05, 3.63) is 24.2 Å². The van der Waals surface area contributed by atoms with Crippen molar-refractivity contribution < 1.29 is 19.1 Å². The summed E-state index contributed by atoms with van der Waals surface area (Å²) in [5.41, 5.74) is 0. The van der Waals surface area contributed by atoms with E-state index in [1.807, 2.05) is 0 Å². The lowest BCUT2D eigenvalue weighted by Gasteiger charge is -2.12. The second kappa shape index (κ2) is 5.14. The van der Waals surface area contributed by atoms with Gasteiger partial charge in [-0.05, 0) is 25.0 Å². The van der Waals surface area contributed by atoms with Crippen LogP contribution in [0, 0.1) is 0 Å². The highest BCUT2D eigenvalue weighted by Crippen LogP contribution is 2.14. The van der Waals surface area contributed by atoms with Gasteiger partial charge >= 0.3 is 0 Å². The van der Waals surface area contributed by atoms with Crippen LogP contribution < -0.4 is 5.32 Å². The Morgan fingerprint density at radius 2 is 2.56 bits per heavy atom. The lowest BCUT2D eigenvalue weighted by atomic mass is 10.2. The van der Waals surface area contributed by atoms with E-state index in [2.05, 4.69) is 5.32 Å². The molecule has 1 aromatic rings. The summed E-state index contributed by atoms with van der Waals surface area (Å²) in [4.78, 5) is 11.5. The van der Waals surface area contributed by atoms with Crippen LogP contribution in [0.1, 0.15) is 24.7 Å². The maximum atomic E-state index is 11.5. The van der Waals surface area contributed by atoms with Gasteiger partial charge in [0.1, 0.15) is 18.0 Å². The highest BCUT2D eigenvalue weighted by atomic mass is 16.5. The Morgan fingerprint density at radius 1 is 1.69 bits per heavy atom. The highest BCUT2D eigenvalue weighted by molar-refractivity contribution is 5.80. The summed E-state index contributed by atoms with van der Waals surface area (Å²) in [6, 6.07) is 3.36. The van der Waals surface area contributed by atoms with Crippen molar-refractivity contribution in [2.75, 3.05) is 13.2 Å². The Morgan fingerprint density at radius 3 is 3.19 bits per heavy atom. The van der Waals surface area contributed by atoms with Gasteiger partial charge < -0.3 is 19.6 Å². The molecule has 1 amide bonds. The smallest absolute Gasteiger partial charge is 0.249 e. The van der Waals surface area contributed by atoms with Gasteiger partial charge in [-0.25, -0.2) is 0 Å². The first-order chi connectivity index (χ1) is 7.77. The zero-order valence-corrected chi connectivity index (χ0v) is 8.89. The van der Waals surface area contributed by atoms with Crippen molar-refractivity contribution in [1.29, 1.82) is 0 Å². The summed E-state index contributed by atoms with van der Waals surface area (Å²) in [6.45, 7) is 0.783. The van der Waals surface area contributed by atoms with Crippen LogP contribution in [-0.4, -0.2) is 30.3 Å². The molecule has 5 heteroatoms. The fourth-order valence-corrected chi connectivity index (χ4v) is 1.68. The van der Waals surface area contributed by atoms with E-state index in [1.54, 1.807) is 12.1 Å². The van der Waals surface area contributed by atoms with E-state index in [9.17, 15) is 9.90 Å². The minimum absolute atomic E-state index is 0.145. The van der Waals surface area contributed by atoms with Crippen molar-refractivity contribution in [1.82, 2.24) is 5.32 Å². The van der Waals surface area contributed by atoms with Crippen LogP contribution in [0.5, 0.6) is 0 Å². The van der Waals surface area contributed by atoms with Crippen LogP contribution in [0.25, 0.3) is 0 Å². The van der Waals surface area contributed by atoms with E-state index in [4.69, 9.17) is 9.15 Å². The average molecular weight is 225 g/mol. The normalized spacial score (nSPS) is 21.9. The molecule has 0 bridgehead atoms. The Labute approximate surface area is 93.4 Å². The van der Waals surface area contributed by atoms with Gasteiger partial charge in [0.2, 0.25) is 5.91 Å². The summed E-state index contributed by atoms with van der Waals surface area (Å²) in [6.07, 6.45) is 1.99. The van der Waals surface area contributed by atoms with Crippen LogP contribution >= 0.6 is 0 Å². The van der Waals surface area contributed by atoms with E-state index in [0.29, 0.717) is 12.4 Å². The van der Waals surface area contributed by atoms with E-state index in [1.165, 1.54) is 6.26 Å². The van der Waals surface area contributed by atoms with Crippen LogP contribution in [0.2, 0.25) is 0 Å². The van der Waals surface area contributed by atoms with Crippen LogP contribution in [0.3, 0.4) is 0 Å². The zero-order chi connectivity index (χ0) is 11.4. The minimum atomic E-state index is -0.805. The fraction of sp³-hybridized carbons (Fsp3) is 0.545. The molecule has 0 aliphatic carbocycles. The summed E-state index contributed by atoms with van der Waals surface area (Å²) < 4.78 is 10.2. The van der Waals surface area contributed by atoms with E-state index >= 15 is 0 Å². The third-order valence-electron chi connectivity index (χ3n) is 2.56. The monoisotopic (exact) mass is 225 g/mol. The maximum Gasteiger partial charge on any atom is 0.249 e. The third-order valence-corrected chi connectivity index (χ3v) is 2.56. The molecule has 88 valence electrons. The Hall–Kier alpha value is -1.33. The Kier molecular flexibility index (Phi) is 3.58. The van der Waals surface area contributed by atoms with E-state index < -0.39 is 6.10 Å². The molecule has 1 fully saturated rings. The number of aliphatic hydroxyl groups excluding tert-OH is 1. The molecule has 1 aromatic heterocycles. The number of hydrogen-bond donors (Lipinski definition) is 2. The number of hydrogen-bond acceptors (Lipinski definition) is 4. The van der Waals surface area contributed by atoms with E-state index in [-0.39, 0.29) is 18.6 Å². The largest absolute Gasteiger partial charge is 0.467 e. The number of amides is 1. The molecular weight excluding hydrogens is 210 g/mol. The van der Waals surface area contributed by atoms with Crippen molar-refractivity contribution in [2.24, 2.45) is 0 Å². The van der Waals surface area contributed by atoms with Crippen molar-refractivity contribution in [3.63, 3.8) is 0 Å². The summed E-state index contributed by atoms with van der Waals surface area (Å²) >= 11 is 0. The lowest BCUT2D eigenvalue weighted by Crippen LogP contribution is -2.36. The predicted octanol–water partition coefficient (Wildman–Crippen LogP) is 0.608. The molecule has 16 heavy (non-hydrogen) atoms. The number of rotatable bonds is 4. The van der Waals surface area contributed by atoms with Crippen molar-refractivity contribution >= 4 is 5.91 Å². The summed E-state index contributed by atoms with van der Waals surface area (Å²) in [5, 5.41) is 12.3. The molecule has 0 spiro atoms. The molecule has 1 saturated heterocycles. The molecule has 2 unspecified atom stereocenters. The first-order valence-corrected chi connectivity index (χ1v) is 5.38. The molecule has 1 aliphatic rings. The van der Waals surface area contributed by atoms with Gasteiger partial charge in [0.25, 0.3) is 0 Å². The van der Waals surface area contributed by atoms with Crippen LogP contribution in [0.15, 0.2) is 22.8 Å². The van der Waals surface area contributed by atoms with Gasteiger partial charge in [0.15, 0.2) is 0 Å². The molecule has 0 radical (unpaired) electrons. The van der Waals surface area contributed by atoms with Gasteiger partial charge in [0, 0.05) is 6.61 Å². The van der Waals surface area contributed by atoms with Gasteiger partial charge in [-0.3, -0.25) is 4.79 Å². The molecule has 2 heterocycles. The van der Waals surface area contributed by atoms with Crippen molar-refractivity contribution in [2.45, 2.75) is 25.0 Å². The molecule has 1 aliphatic heterocycles. The first-order valence-electron chi connectivity index (χ1n) is 5.38. The molecular formula is C11H15NO4. The van der Waals surface area contributed by atoms with Gasteiger partial charge in [-0.15, -0.1) is 0 Å². The molecule has 2 atom stereocenters. The van der Waals surface area contributed by atoms with Gasteiger partial charge in [-0.2, -0.15) is 0 Å². The highest BCUT2D eigenvalue weighted by Gasteiger charge is 2.24. The third kappa shape index (κ3) is 2.62. The Bertz CT molecular complexity index is 330. The predicted molar refractivity (Wildman–Crippen MR) is 55.7 cm³/mol. The second-order valence-corrected chi connectivity index (χ2v) is 3.78. The topological polar surface area (TPSA) is 71.7 Å².